The lowest BCUT2D eigenvalue weighted by molar-refractivity contribution is 0.0972. The molecule has 0 saturated carbocycles. The van der Waals surface area contributed by atoms with Gasteiger partial charge in [-0.05, 0) is 55.0 Å². The van der Waals surface area contributed by atoms with E-state index in [0.29, 0.717) is 27.9 Å². The van der Waals surface area contributed by atoms with Crippen LogP contribution < -0.4 is 14.2 Å². The molecule has 0 unspecified atom stereocenters. The van der Waals surface area contributed by atoms with Crippen LogP contribution in [0.2, 0.25) is 5.15 Å². The molecule has 1 heterocycles. The largest absolute Gasteiger partial charge is 0.496 e. The highest BCUT2D eigenvalue weighted by atomic mass is 35.5. The van der Waals surface area contributed by atoms with Crippen molar-refractivity contribution < 1.29 is 23.8 Å². The van der Waals surface area contributed by atoms with E-state index in [2.05, 4.69) is 4.98 Å². The van der Waals surface area contributed by atoms with Gasteiger partial charge in [0.2, 0.25) is 11.6 Å². The summed E-state index contributed by atoms with van der Waals surface area (Å²) < 4.78 is 16.4. The summed E-state index contributed by atoms with van der Waals surface area (Å²) >= 11 is 6.54. The second-order valence-corrected chi connectivity index (χ2v) is 8.03. The van der Waals surface area contributed by atoms with Crippen molar-refractivity contribution in [3.63, 3.8) is 0 Å². The Labute approximate surface area is 184 Å². The van der Waals surface area contributed by atoms with Crippen LogP contribution in [0.3, 0.4) is 0 Å². The molecule has 6 nitrogen and oxygen atoms in total. The van der Waals surface area contributed by atoms with Crippen LogP contribution in [0.4, 0.5) is 0 Å². The average molecular weight is 438 g/mol. The highest BCUT2D eigenvalue weighted by Crippen LogP contribution is 2.45. The van der Waals surface area contributed by atoms with Gasteiger partial charge in [0.1, 0.15) is 22.4 Å². The van der Waals surface area contributed by atoms with Gasteiger partial charge in [-0.15, -0.1) is 0 Å². The van der Waals surface area contributed by atoms with E-state index in [1.54, 1.807) is 12.1 Å². The summed E-state index contributed by atoms with van der Waals surface area (Å²) in [6, 6.07) is 5.05. The Morgan fingerprint density at radius 3 is 1.87 bits per heavy atom. The van der Waals surface area contributed by atoms with Gasteiger partial charge in [0, 0.05) is 5.39 Å². The molecule has 3 aromatic rings. The van der Waals surface area contributed by atoms with Crippen LogP contribution in [0.5, 0.6) is 17.2 Å². The van der Waals surface area contributed by atoms with E-state index in [1.165, 1.54) is 21.3 Å². The topological polar surface area (TPSA) is 74.7 Å². The molecule has 0 spiro atoms. The lowest BCUT2D eigenvalue weighted by atomic mass is 9.80. The second-order valence-electron chi connectivity index (χ2n) is 7.67. The van der Waals surface area contributed by atoms with E-state index in [9.17, 15) is 9.59 Å². The van der Waals surface area contributed by atoms with Crippen molar-refractivity contribution in [3.8, 4) is 17.2 Å². The Morgan fingerprint density at radius 2 is 1.29 bits per heavy atom. The number of hydrogen-bond donors (Lipinski definition) is 0. The Bertz CT molecular complexity index is 1300. The normalized spacial score (nSPS) is 14.7. The Balaban J connectivity index is 1.92. The number of ketones is 2. The van der Waals surface area contributed by atoms with Crippen LogP contribution in [0.25, 0.3) is 10.9 Å². The molecule has 1 aromatic heterocycles. The number of fused-ring (bicyclic) bond motifs is 6. The molecule has 0 bridgehead atoms. The van der Waals surface area contributed by atoms with Crippen molar-refractivity contribution in [3.05, 3.63) is 56.7 Å². The summed E-state index contributed by atoms with van der Waals surface area (Å²) in [7, 11) is 4.42. The van der Waals surface area contributed by atoms with Crippen molar-refractivity contribution in [2.24, 2.45) is 0 Å². The number of methoxy groups -OCH3 is 3. The van der Waals surface area contributed by atoms with Gasteiger partial charge >= 0.3 is 0 Å². The zero-order chi connectivity index (χ0) is 21.9. The minimum Gasteiger partial charge on any atom is -0.496 e. The lowest BCUT2D eigenvalue weighted by Gasteiger charge is -2.26. The third kappa shape index (κ3) is 2.67. The third-order valence-electron chi connectivity index (χ3n) is 6.21. The molecule has 2 aromatic carbocycles. The molecule has 5 rings (SSSR count). The molecule has 0 atom stereocenters. The van der Waals surface area contributed by atoms with Crippen LogP contribution >= 0.6 is 11.6 Å². The average Bonchev–Trinajstić information content (AvgIpc) is 2.80. The minimum atomic E-state index is -0.366. The van der Waals surface area contributed by atoms with Gasteiger partial charge in [-0.25, -0.2) is 4.98 Å². The first-order chi connectivity index (χ1) is 15.0. The van der Waals surface area contributed by atoms with E-state index in [4.69, 9.17) is 25.8 Å². The Hall–Kier alpha value is -3.12. The van der Waals surface area contributed by atoms with Crippen LogP contribution in [0.15, 0.2) is 18.2 Å². The number of aryl methyl sites for hydroxylation is 1. The molecule has 7 heteroatoms. The van der Waals surface area contributed by atoms with Gasteiger partial charge in [0.05, 0.1) is 49.1 Å². The molecule has 0 saturated heterocycles. The van der Waals surface area contributed by atoms with Gasteiger partial charge in [-0.1, -0.05) is 11.6 Å². The standard InChI is InChI=1S/C24H20ClNO5/c1-29-14-8-9-15(30-2)18-17(14)22(27)19-16(31-3)10-13-11-6-4-5-7-12(11)24(25)26-21(13)20(19)23(18)28/h8-10H,4-7H2,1-3H3. The summed E-state index contributed by atoms with van der Waals surface area (Å²) in [6.45, 7) is 0. The van der Waals surface area contributed by atoms with E-state index in [1.807, 2.05) is 6.07 Å². The molecule has 0 fully saturated rings. The van der Waals surface area contributed by atoms with Crippen LogP contribution in [-0.2, 0) is 12.8 Å². The van der Waals surface area contributed by atoms with E-state index in [-0.39, 0.29) is 33.8 Å². The summed E-state index contributed by atoms with van der Waals surface area (Å²) in [5, 5.41) is 1.19. The number of hydrogen-bond acceptors (Lipinski definition) is 6. The van der Waals surface area contributed by atoms with Crippen molar-refractivity contribution in [1.29, 1.82) is 0 Å². The molecule has 0 amide bonds. The summed E-state index contributed by atoms with van der Waals surface area (Å²) in [4.78, 5) is 32.1. The molecule has 2 aliphatic rings. The zero-order valence-corrected chi connectivity index (χ0v) is 18.2. The summed E-state index contributed by atoms with van der Waals surface area (Å²) in [5.74, 6) is 0.227. The minimum absolute atomic E-state index is 0.168. The first kappa shape index (κ1) is 19.8. The molecule has 0 aliphatic heterocycles. The van der Waals surface area contributed by atoms with Gasteiger partial charge in [0.25, 0.3) is 0 Å². The molecule has 2 aliphatic carbocycles. The number of carbonyl (C=O) groups is 2. The zero-order valence-electron chi connectivity index (χ0n) is 17.4. The summed E-state index contributed by atoms with van der Waals surface area (Å²) in [6.07, 6.45) is 3.76. The van der Waals surface area contributed by atoms with Crippen molar-refractivity contribution in [2.45, 2.75) is 25.7 Å². The highest BCUT2D eigenvalue weighted by molar-refractivity contribution is 6.35. The molecule has 0 N–H and O–H groups in total. The van der Waals surface area contributed by atoms with Gasteiger partial charge < -0.3 is 14.2 Å². The predicted octanol–water partition coefficient (Wildman–Crippen LogP) is 4.57. The number of rotatable bonds is 3. The smallest absolute Gasteiger partial charge is 0.202 e. The molecule has 158 valence electrons. The first-order valence-corrected chi connectivity index (χ1v) is 10.5. The number of halogens is 1. The van der Waals surface area contributed by atoms with E-state index >= 15 is 0 Å². The fraction of sp³-hybridized carbons (Fsp3) is 0.292. The molecular formula is C24H20ClNO5. The van der Waals surface area contributed by atoms with E-state index < -0.39 is 0 Å². The number of pyridine rings is 1. The summed E-state index contributed by atoms with van der Waals surface area (Å²) in [5.41, 5.74) is 3.23. The number of ether oxygens (including phenoxy) is 3. The number of nitrogens with zero attached hydrogens (tertiary/aromatic N) is 1. The van der Waals surface area contributed by atoms with Crippen LogP contribution in [0.1, 0.15) is 55.8 Å². The fourth-order valence-corrected chi connectivity index (χ4v) is 5.10. The number of carbonyl (C=O) groups excluding carboxylic acids is 2. The Morgan fingerprint density at radius 1 is 0.774 bits per heavy atom. The number of benzene rings is 2. The number of aromatic nitrogens is 1. The maximum Gasteiger partial charge on any atom is 0.202 e. The maximum atomic E-state index is 13.8. The van der Waals surface area contributed by atoms with Gasteiger partial charge in [-0.3, -0.25) is 9.59 Å². The van der Waals surface area contributed by atoms with E-state index in [0.717, 1.165) is 42.2 Å². The SMILES string of the molecule is COc1ccc(OC)c2c1C(=O)c1c(OC)cc3c4c(c(Cl)nc3c1C2=O)CCCC4. The van der Waals surface area contributed by atoms with Crippen molar-refractivity contribution in [2.75, 3.05) is 21.3 Å². The maximum absolute atomic E-state index is 13.8. The quantitative estimate of drug-likeness (QED) is 0.437. The first-order valence-electron chi connectivity index (χ1n) is 10.1. The Kier molecular flexibility index (Phi) is 4.63. The fourth-order valence-electron chi connectivity index (χ4n) is 4.80. The monoisotopic (exact) mass is 437 g/mol. The second kappa shape index (κ2) is 7.24. The van der Waals surface area contributed by atoms with Crippen LogP contribution in [0, 0.1) is 0 Å². The molecule has 31 heavy (non-hydrogen) atoms. The van der Waals surface area contributed by atoms with Gasteiger partial charge in [-0.2, -0.15) is 0 Å². The predicted molar refractivity (Wildman–Crippen MR) is 116 cm³/mol. The molecular weight excluding hydrogens is 418 g/mol. The van der Waals surface area contributed by atoms with Crippen molar-refractivity contribution in [1.82, 2.24) is 4.98 Å². The van der Waals surface area contributed by atoms with Gasteiger partial charge in [0.15, 0.2) is 0 Å². The lowest BCUT2D eigenvalue weighted by Crippen LogP contribution is -2.24. The van der Waals surface area contributed by atoms with Crippen molar-refractivity contribution >= 4 is 34.1 Å². The third-order valence-corrected chi connectivity index (χ3v) is 6.53. The van der Waals surface area contributed by atoms with Crippen LogP contribution in [-0.4, -0.2) is 37.9 Å². The highest BCUT2D eigenvalue weighted by Gasteiger charge is 2.39. The molecule has 0 radical (unpaired) electrons.